The molecule has 0 saturated heterocycles. The Kier molecular flexibility index (Phi) is 5.36. The van der Waals surface area contributed by atoms with E-state index in [0.717, 1.165) is 10.0 Å². The van der Waals surface area contributed by atoms with Gasteiger partial charge < -0.3 is 10.1 Å². The lowest BCUT2D eigenvalue weighted by molar-refractivity contribution is -0.144. The van der Waals surface area contributed by atoms with E-state index in [-0.39, 0.29) is 5.97 Å². The fourth-order valence-corrected chi connectivity index (χ4v) is 1.47. The van der Waals surface area contributed by atoms with Gasteiger partial charge in [-0.2, -0.15) is 0 Å². The molecule has 0 aliphatic carbocycles. The van der Waals surface area contributed by atoms with Crippen LogP contribution in [-0.2, 0) is 16.1 Å². The van der Waals surface area contributed by atoms with Crippen LogP contribution in [0.15, 0.2) is 28.7 Å². The molecule has 0 aliphatic rings. The molecule has 3 nitrogen and oxygen atoms in total. The Bertz CT molecular complexity index is 328. The Hall–Kier alpha value is -0.870. The first-order chi connectivity index (χ1) is 7.24. The van der Waals surface area contributed by atoms with E-state index in [2.05, 4.69) is 21.2 Å². The molecule has 15 heavy (non-hydrogen) atoms. The van der Waals surface area contributed by atoms with Gasteiger partial charge in [0.25, 0.3) is 0 Å². The highest BCUT2D eigenvalue weighted by atomic mass is 79.9. The van der Waals surface area contributed by atoms with Gasteiger partial charge in [-0.05, 0) is 13.1 Å². The normalized spacial score (nSPS) is 10.0. The average Bonchev–Trinajstić information content (AvgIpc) is 2.25. The van der Waals surface area contributed by atoms with E-state index in [1.165, 1.54) is 0 Å². The molecule has 4 heteroatoms. The number of ether oxygens (including phenoxy) is 1. The minimum absolute atomic E-state index is 0.180. The number of carbonyl (C=O) groups is 1. The van der Waals surface area contributed by atoms with Crippen molar-refractivity contribution in [3.05, 3.63) is 34.3 Å². The molecule has 1 N–H and O–H groups in total. The summed E-state index contributed by atoms with van der Waals surface area (Å²) in [6, 6.07) is 7.70. The second-order valence-electron chi connectivity index (χ2n) is 3.11. The second-order valence-corrected chi connectivity index (χ2v) is 3.96. The van der Waals surface area contributed by atoms with Gasteiger partial charge in [-0.3, -0.25) is 4.79 Å². The first kappa shape index (κ1) is 12.2. The third-order valence-electron chi connectivity index (χ3n) is 1.93. The number of hydrogen-bond acceptors (Lipinski definition) is 3. The molecular formula is C11H14BrNO2. The number of nitrogens with one attached hydrogen (secondary N) is 1. The highest BCUT2D eigenvalue weighted by Crippen LogP contribution is 2.16. The fraction of sp³-hybridized carbons (Fsp3) is 0.364. The maximum atomic E-state index is 11.2. The zero-order valence-electron chi connectivity index (χ0n) is 8.63. The Morgan fingerprint density at radius 3 is 2.87 bits per heavy atom. The van der Waals surface area contributed by atoms with Gasteiger partial charge in [-0.25, -0.2) is 0 Å². The summed E-state index contributed by atoms with van der Waals surface area (Å²) in [7, 11) is 1.81. The molecule has 0 aromatic heterocycles. The van der Waals surface area contributed by atoms with Crippen LogP contribution in [0.2, 0.25) is 0 Å². The summed E-state index contributed by atoms with van der Waals surface area (Å²) in [6.45, 7) is 0.971. The molecule has 1 aromatic carbocycles. The summed E-state index contributed by atoms with van der Waals surface area (Å²) in [5.74, 6) is -0.180. The predicted octanol–water partition coefficient (Wildman–Crippen LogP) is 2.10. The van der Waals surface area contributed by atoms with E-state index >= 15 is 0 Å². The maximum absolute atomic E-state index is 11.2. The highest BCUT2D eigenvalue weighted by Gasteiger charge is 2.04. The van der Waals surface area contributed by atoms with Crippen molar-refractivity contribution in [1.82, 2.24) is 5.32 Å². The van der Waals surface area contributed by atoms with Crippen LogP contribution in [0.3, 0.4) is 0 Å². The van der Waals surface area contributed by atoms with Crippen molar-refractivity contribution in [3.8, 4) is 0 Å². The van der Waals surface area contributed by atoms with Gasteiger partial charge in [0.1, 0.15) is 6.61 Å². The minimum atomic E-state index is -0.180. The largest absolute Gasteiger partial charge is 0.461 e. The molecule has 0 unspecified atom stereocenters. The minimum Gasteiger partial charge on any atom is -0.461 e. The summed E-state index contributed by atoms with van der Waals surface area (Å²) in [4.78, 5) is 11.2. The van der Waals surface area contributed by atoms with Crippen LogP contribution in [0, 0.1) is 0 Å². The van der Waals surface area contributed by atoms with E-state index in [1.54, 1.807) is 7.05 Å². The van der Waals surface area contributed by atoms with Crippen molar-refractivity contribution in [2.24, 2.45) is 0 Å². The van der Waals surface area contributed by atoms with Gasteiger partial charge >= 0.3 is 5.97 Å². The molecule has 1 rings (SSSR count). The summed E-state index contributed by atoms with van der Waals surface area (Å²) in [5.41, 5.74) is 0.982. The third kappa shape index (κ3) is 4.44. The first-order valence-electron chi connectivity index (χ1n) is 4.77. The summed E-state index contributed by atoms with van der Waals surface area (Å²) in [5, 5.41) is 2.90. The van der Waals surface area contributed by atoms with Crippen LogP contribution in [0.1, 0.15) is 12.0 Å². The van der Waals surface area contributed by atoms with Crippen LogP contribution < -0.4 is 5.32 Å². The van der Waals surface area contributed by atoms with E-state index < -0.39 is 0 Å². The Morgan fingerprint density at radius 2 is 2.20 bits per heavy atom. The van der Waals surface area contributed by atoms with Crippen molar-refractivity contribution in [2.75, 3.05) is 13.6 Å². The Balaban J connectivity index is 2.37. The second kappa shape index (κ2) is 6.58. The maximum Gasteiger partial charge on any atom is 0.307 e. The third-order valence-corrected chi connectivity index (χ3v) is 2.70. The van der Waals surface area contributed by atoms with Gasteiger partial charge in [0.05, 0.1) is 6.42 Å². The molecule has 82 valence electrons. The average molecular weight is 272 g/mol. The van der Waals surface area contributed by atoms with E-state index in [0.29, 0.717) is 19.6 Å². The predicted molar refractivity (Wildman–Crippen MR) is 62.5 cm³/mol. The fourth-order valence-electron chi connectivity index (χ4n) is 1.07. The van der Waals surface area contributed by atoms with Crippen LogP contribution in [-0.4, -0.2) is 19.6 Å². The molecular weight excluding hydrogens is 258 g/mol. The Labute approximate surface area is 97.9 Å². The molecule has 1 aromatic rings. The number of esters is 1. The molecule has 0 atom stereocenters. The molecule has 0 radical (unpaired) electrons. The molecule has 0 bridgehead atoms. The number of rotatable bonds is 5. The lowest BCUT2D eigenvalue weighted by Gasteiger charge is -2.06. The van der Waals surface area contributed by atoms with Crippen LogP contribution in [0.25, 0.3) is 0 Å². The van der Waals surface area contributed by atoms with Crippen LogP contribution in [0.4, 0.5) is 0 Å². The zero-order valence-corrected chi connectivity index (χ0v) is 10.2. The van der Waals surface area contributed by atoms with Gasteiger partial charge in [0, 0.05) is 16.6 Å². The van der Waals surface area contributed by atoms with Crippen molar-refractivity contribution in [3.63, 3.8) is 0 Å². The standard InChI is InChI=1S/C11H14BrNO2/c1-13-7-6-11(14)15-8-9-4-2-3-5-10(9)12/h2-5,13H,6-8H2,1H3. The molecule has 0 fully saturated rings. The van der Waals surface area contributed by atoms with E-state index in [9.17, 15) is 4.79 Å². The molecule has 0 amide bonds. The number of carbonyl (C=O) groups excluding carboxylic acids is 1. The molecule has 0 aliphatic heterocycles. The van der Waals surface area contributed by atoms with Gasteiger partial charge in [-0.1, -0.05) is 34.1 Å². The summed E-state index contributed by atoms with van der Waals surface area (Å²) in [6.07, 6.45) is 0.404. The summed E-state index contributed by atoms with van der Waals surface area (Å²) >= 11 is 3.40. The first-order valence-corrected chi connectivity index (χ1v) is 5.57. The number of benzene rings is 1. The Morgan fingerprint density at radius 1 is 1.47 bits per heavy atom. The monoisotopic (exact) mass is 271 g/mol. The van der Waals surface area contributed by atoms with Gasteiger partial charge in [0.2, 0.25) is 0 Å². The van der Waals surface area contributed by atoms with Gasteiger partial charge in [0.15, 0.2) is 0 Å². The molecule has 0 heterocycles. The quantitative estimate of drug-likeness (QED) is 0.834. The van der Waals surface area contributed by atoms with E-state index in [1.807, 2.05) is 24.3 Å². The van der Waals surface area contributed by atoms with Crippen molar-refractivity contribution >= 4 is 21.9 Å². The molecule has 0 saturated carbocycles. The van der Waals surface area contributed by atoms with Gasteiger partial charge in [-0.15, -0.1) is 0 Å². The van der Waals surface area contributed by atoms with Crippen molar-refractivity contribution in [1.29, 1.82) is 0 Å². The summed E-state index contributed by atoms with van der Waals surface area (Å²) < 4.78 is 6.07. The molecule has 0 spiro atoms. The number of hydrogen-bond donors (Lipinski definition) is 1. The van der Waals surface area contributed by atoms with Crippen LogP contribution >= 0.6 is 15.9 Å². The smallest absolute Gasteiger partial charge is 0.307 e. The van der Waals surface area contributed by atoms with Crippen LogP contribution in [0.5, 0.6) is 0 Å². The zero-order chi connectivity index (χ0) is 11.1. The highest BCUT2D eigenvalue weighted by molar-refractivity contribution is 9.10. The number of halogens is 1. The topological polar surface area (TPSA) is 38.3 Å². The van der Waals surface area contributed by atoms with E-state index in [4.69, 9.17) is 4.74 Å². The van der Waals surface area contributed by atoms with Crippen molar-refractivity contribution < 1.29 is 9.53 Å². The van der Waals surface area contributed by atoms with Crippen molar-refractivity contribution in [2.45, 2.75) is 13.0 Å². The lowest BCUT2D eigenvalue weighted by atomic mass is 10.2. The SMILES string of the molecule is CNCCC(=O)OCc1ccccc1Br. The lowest BCUT2D eigenvalue weighted by Crippen LogP contribution is -2.14.